The number of hydrogen-bond donors (Lipinski definition) is 2. The molecule has 7 nitrogen and oxygen atoms in total. The topological polar surface area (TPSA) is 95.9 Å². The van der Waals surface area contributed by atoms with E-state index in [1.807, 2.05) is 54.6 Å². The van der Waals surface area contributed by atoms with Gasteiger partial charge >= 0.3 is 12.1 Å². The number of carbonyl (C=O) groups excluding carboxylic acids is 2. The van der Waals surface area contributed by atoms with E-state index in [1.165, 1.54) is 16.0 Å². The monoisotopic (exact) mass is 486 g/mol. The van der Waals surface area contributed by atoms with Gasteiger partial charge in [-0.2, -0.15) is 0 Å². The molecule has 4 rings (SSSR count). The first-order valence-electron chi connectivity index (χ1n) is 12.2. The summed E-state index contributed by atoms with van der Waals surface area (Å²) in [5.41, 5.74) is 5.55. The Hall–Kier alpha value is -4.13. The highest BCUT2D eigenvalue weighted by atomic mass is 16.5. The average Bonchev–Trinajstić information content (AvgIpc) is 3.21. The van der Waals surface area contributed by atoms with Crippen LogP contribution in [0.25, 0.3) is 11.1 Å². The Morgan fingerprint density at radius 2 is 1.44 bits per heavy atom. The van der Waals surface area contributed by atoms with Gasteiger partial charge in [0.2, 0.25) is 5.91 Å². The van der Waals surface area contributed by atoms with Gasteiger partial charge in [0.05, 0.1) is 0 Å². The molecule has 36 heavy (non-hydrogen) atoms. The summed E-state index contributed by atoms with van der Waals surface area (Å²) in [4.78, 5) is 37.4. The third kappa shape index (κ3) is 6.30. The number of ether oxygens (including phenoxy) is 1. The zero-order chi connectivity index (χ0) is 25.3. The van der Waals surface area contributed by atoms with E-state index in [0.29, 0.717) is 19.4 Å². The molecular weight excluding hydrogens is 456 g/mol. The van der Waals surface area contributed by atoms with E-state index in [2.05, 4.69) is 29.6 Å². The van der Waals surface area contributed by atoms with Gasteiger partial charge in [0, 0.05) is 25.4 Å². The number of nitrogens with one attached hydrogen (secondary N) is 1. The molecule has 0 bridgehead atoms. The van der Waals surface area contributed by atoms with E-state index in [0.717, 1.165) is 16.7 Å². The van der Waals surface area contributed by atoms with Gasteiger partial charge in [-0.25, -0.2) is 4.79 Å². The first-order chi connectivity index (χ1) is 17.5. The quantitative estimate of drug-likeness (QED) is 0.379. The molecule has 0 fully saturated rings. The van der Waals surface area contributed by atoms with Crippen LogP contribution >= 0.6 is 0 Å². The van der Waals surface area contributed by atoms with Crippen molar-refractivity contribution in [3.8, 4) is 11.1 Å². The van der Waals surface area contributed by atoms with Crippen molar-refractivity contribution < 1.29 is 24.2 Å². The van der Waals surface area contributed by atoms with Crippen LogP contribution in [0.5, 0.6) is 0 Å². The highest BCUT2D eigenvalue weighted by Gasteiger charge is 2.29. The Bertz CT molecular complexity index is 1170. The van der Waals surface area contributed by atoms with Crippen LogP contribution in [-0.4, -0.2) is 47.7 Å². The van der Waals surface area contributed by atoms with Crippen LogP contribution in [0.3, 0.4) is 0 Å². The maximum absolute atomic E-state index is 12.6. The van der Waals surface area contributed by atoms with Crippen LogP contribution in [0.4, 0.5) is 4.79 Å². The SMILES string of the molecule is O=C(O)CN(Cc1ccccc1)C(=O)CCCCNC(=O)OCC1c2ccccc2-c2ccccc21. The summed E-state index contributed by atoms with van der Waals surface area (Å²) in [6.07, 6.45) is 0.849. The second-order valence-electron chi connectivity index (χ2n) is 8.84. The Morgan fingerprint density at radius 3 is 2.08 bits per heavy atom. The van der Waals surface area contributed by atoms with Gasteiger partial charge in [-0.15, -0.1) is 0 Å². The van der Waals surface area contributed by atoms with Gasteiger partial charge in [0.1, 0.15) is 13.2 Å². The third-order valence-electron chi connectivity index (χ3n) is 6.33. The molecule has 0 aliphatic heterocycles. The summed E-state index contributed by atoms with van der Waals surface area (Å²) in [5.74, 6) is -1.26. The zero-order valence-corrected chi connectivity index (χ0v) is 20.1. The lowest BCUT2D eigenvalue weighted by Crippen LogP contribution is -2.35. The molecule has 3 aromatic carbocycles. The van der Waals surface area contributed by atoms with Crippen molar-refractivity contribution in [3.63, 3.8) is 0 Å². The number of carboxylic acid groups (broad SMARTS) is 1. The molecule has 0 saturated heterocycles. The standard InChI is InChI=1S/C29H30N2O5/c32-27(31(19-28(33)34)18-21-10-2-1-3-11-21)16-8-9-17-30-29(35)36-20-26-24-14-6-4-12-22(24)23-13-5-7-15-25(23)26/h1-7,10-15,26H,8-9,16-20H2,(H,30,35)(H,33,34). The fraction of sp³-hybridized carbons (Fsp3) is 0.276. The number of hydrogen-bond acceptors (Lipinski definition) is 4. The molecule has 0 aromatic heterocycles. The molecule has 0 atom stereocenters. The number of rotatable bonds is 11. The van der Waals surface area contributed by atoms with E-state index in [4.69, 9.17) is 9.84 Å². The first-order valence-corrected chi connectivity index (χ1v) is 12.2. The van der Waals surface area contributed by atoms with Crippen molar-refractivity contribution in [2.75, 3.05) is 19.7 Å². The number of unbranched alkanes of at least 4 members (excludes halogenated alkanes) is 1. The van der Waals surface area contributed by atoms with Crippen LogP contribution in [0.2, 0.25) is 0 Å². The molecule has 7 heteroatoms. The molecule has 0 heterocycles. The van der Waals surface area contributed by atoms with Crippen LogP contribution in [0.1, 0.15) is 41.9 Å². The molecule has 2 N–H and O–H groups in total. The number of carbonyl (C=O) groups is 3. The number of aliphatic carboxylic acids is 1. The van der Waals surface area contributed by atoms with Crippen LogP contribution < -0.4 is 5.32 Å². The highest BCUT2D eigenvalue weighted by molar-refractivity contribution is 5.81. The second-order valence-corrected chi connectivity index (χ2v) is 8.84. The molecule has 0 unspecified atom stereocenters. The molecule has 0 radical (unpaired) electrons. The minimum Gasteiger partial charge on any atom is -0.480 e. The normalized spacial score (nSPS) is 11.9. The summed E-state index contributed by atoms with van der Waals surface area (Å²) in [6, 6.07) is 25.6. The molecule has 186 valence electrons. The number of carboxylic acids is 1. The van der Waals surface area contributed by atoms with Crippen molar-refractivity contribution in [1.29, 1.82) is 0 Å². The van der Waals surface area contributed by atoms with Gasteiger partial charge in [-0.1, -0.05) is 78.9 Å². The van der Waals surface area contributed by atoms with E-state index in [-0.39, 0.29) is 37.9 Å². The van der Waals surface area contributed by atoms with Gasteiger partial charge in [0.15, 0.2) is 0 Å². The second kappa shape index (κ2) is 12.0. The van der Waals surface area contributed by atoms with Crippen molar-refractivity contribution in [1.82, 2.24) is 10.2 Å². The number of benzene rings is 3. The Labute approximate surface area is 210 Å². The molecule has 1 aliphatic carbocycles. The maximum Gasteiger partial charge on any atom is 0.407 e. The first kappa shape index (κ1) is 25.0. The van der Waals surface area contributed by atoms with Crippen LogP contribution in [0, 0.1) is 0 Å². The van der Waals surface area contributed by atoms with Crippen molar-refractivity contribution in [2.24, 2.45) is 0 Å². The summed E-state index contributed by atoms with van der Waals surface area (Å²) < 4.78 is 5.53. The predicted molar refractivity (Wildman–Crippen MR) is 136 cm³/mol. The fourth-order valence-corrected chi connectivity index (χ4v) is 4.60. The summed E-state index contributed by atoms with van der Waals surface area (Å²) in [5, 5.41) is 11.9. The van der Waals surface area contributed by atoms with E-state index in [9.17, 15) is 14.4 Å². The lowest BCUT2D eigenvalue weighted by Gasteiger charge is -2.21. The lowest BCUT2D eigenvalue weighted by atomic mass is 9.98. The Kier molecular flexibility index (Phi) is 8.34. The number of amides is 2. The lowest BCUT2D eigenvalue weighted by molar-refractivity contribution is -0.145. The van der Waals surface area contributed by atoms with Crippen molar-refractivity contribution >= 4 is 18.0 Å². The summed E-state index contributed by atoms with van der Waals surface area (Å²) in [7, 11) is 0. The average molecular weight is 487 g/mol. The summed E-state index contributed by atoms with van der Waals surface area (Å²) in [6.45, 7) is 0.541. The molecule has 1 aliphatic rings. The maximum atomic E-state index is 12.6. The third-order valence-corrected chi connectivity index (χ3v) is 6.33. The van der Waals surface area contributed by atoms with Gasteiger partial charge in [-0.3, -0.25) is 9.59 Å². The number of alkyl carbamates (subject to hydrolysis) is 1. The molecular formula is C29H30N2O5. The number of fused-ring (bicyclic) bond motifs is 3. The minimum absolute atomic E-state index is 0.00519. The van der Waals surface area contributed by atoms with E-state index < -0.39 is 12.1 Å². The Morgan fingerprint density at radius 1 is 0.833 bits per heavy atom. The molecule has 3 aromatic rings. The van der Waals surface area contributed by atoms with Crippen molar-refractivity contribution in [2.45, 2.75) is 31.7 Å². The summed E-state index contributed by atoms with van der Waals surface area (Å²) >= 11 is 0. The predicted octanol–water partition coefficient (Wildman–Crippen LogP) is 4.81. The molecule has 0 spiro atoms. The largest absolute Gasteiger partial charge is 0.480 e. The van der Waals surface area contributed by atoms with Gasteiger partial charge in [-0.05, 0) is 40.7 Å². The van der Waals surface area contributed by atoms with Gasteiger partial charge in [0.25, 0.3) is 0 Å². The van der Waals surface area contributed by atoms with Crippen molar-refractivity contribution in [3.05, 3.63) is 95.6 Å². The van der Waals surface area contributed by atoms with Crippen LogP contribution in [-0.2, 0) is 20.9 Å². The number of nitrogens with zero attached hydrogens (tertiary/aromatic N) is 1. The highest BCUT2D eigenvalue weighted by Crippen LogP contribution is 2.44. The van der Waals surface area contributed by atoms with E-state index in [1.54, 1.807) is 0 Å². The zero-order valence-electron chi connectivity index (χ0n) is 20.1. The molecule has 2 amide bonds. The smallest absolute Gasteiger partial charge is 0.407 e. The Balaban J connectivity index is 1.19. The van der Waals surface area contributed by atoms with E-state index >= 15 is 0 Å². The van der Waals surface area contributed by atoms with Gasteiger partial charge < -0.3 is 20.1 Å². The fourth-order valence-electron chi connectivity index (χ4n) is 4.60. The molecule has 0 saturated carbocycles. The van der Waals surface area contributed by atoms with Crippen LogP contribution in [0.15, 0.2) is 78.9 Å². The minimum atomic E-state index is -1.05.